The molecule has 1 aromatic heterocycles. The third-order valence-corrected chi connectivity index (χ3v) is 6.66. The maximum atomic E-state index is 13.2. The van der Waals surface area contributed by atoms with Gasteiger partial charge in [0.05, 0.1) is 5.69 Å². The van der Waals surface area contributed by atoms with Crippen molar-refractivity contribution in [2.24, 2.45) is 5.92 Å². The fraction of sp³-hybridized carbons (Fsp3) is 0.762. The lowest BCUT2D eigenvalue weighted by Crippen LogP contribution is -2.55. The van der Waals surface area contributed by atoms with Crippen LogP contribution in [0, 0.1) is 12.8 Å². The summed E-state index contributed by atoms with van der Waals surface area (Å²) in [5.41, 5.74) is 0.628. The molecule has 0 bridgehead atoms. The predicted octanol–water partition coefficient (Wildman–Crippen LogP) is 2.31. The second-order valence-corrected chi connectivity index (χ2v) is 8.52. The number of nitrogens with zero attached hydrogens (tertiary/aromatic N) is 4. The smallest absolute Gasteiger partial charge is 0.291 e. The van der Waals surface area contributed by atoms with Crippen LogP contribution in [0.1, 0.15) is 61.2 Å². The largest absolute Gasteiger partial charge is 0.438 e. The lowest BCUT2D eigenvalue weighted by Gasteiger charge is -2.42. The Morgan fingerprint density at radius 2 is 1.93 bits per heavy atom. The summed E-state index contributed by atoms with van der Waals surface area (Å²) in [6, 6.07) is 0.108. The normalized spacial score (nSPS) is 23.6. The molecule has 3 heterocycles. The molecule has 7 nitrogen and oxygen atoms in total. The van der Waals surface area contributed by atoms with Gasteiger partial charge in [-0.1, -0.05) is 6.42 Å². The number of amides is 2. The Morgan fingerprint density at radius 3 is 2.57 bits per heavy atom. The highest BCUT2D eigenvalue weighted by Crippen LogP contribution is 2.30. The molecule has 2 aliphatic heterocycles. The van der Waals surface area contributed by atoms with Crippen LogP contribution in [-0.4, -0.2) is 76.8 Å². The molecule has 1 atom stereocenters. The molecule has 7 heteroatoms. The van der Waals surface area contributed by atoms with Gasteiger partial charge in [-0.3, -0.25) is 9.59 Å². The van der Waals surface area contributed by atoms with Gasteiger partial charge in [-0.15, -0.1) is 0 Å². The summed E-state index contributed by atoms with van der Waals surface area (Å²) >= 11 is 0. The van der Waals surface area contributed by atoms with Crippen LogP contribution in [0.5, 0.6) is 0 Å². The second kappa shape index (κ2) is 8.64. The van der Waals surface area contributed by atoms with E-state index in [0.29, 0.717) is 30.5 Å². The molecule has 154 valence electrons. The molecule has 0 spiro atoms. The van der Waals surface area contributed by atoms with Crippen LogP contribution >= 0.6 is 0 Å². The van der Waals surface area contributed by atoms with E-state index in [1.165, 1.54) is 19.2 Å². The highest BCUT2D eigenvalue weighted by molar-refractivity contribution is 5.92. The molecular weight excluding hydrogens is 356 g/mol. The number of likely N-dealkylation sites (tertiary alicyclic amines) is 2. The second-order valence-electron chi connectivity index (χ2n) is 8.52. The van der Waals surface area contributed by atoms with E-state index in [0.717, 1.165) is 58.3 Å². The molecule has 0 radical (unpaired) electrons. The Balaban J connectivity index is 1.44. The van der Waals surface area contributed by atoms with Gasteiger partial charge in [0.15, 0.2) is 6.39 Å². The van der Waals surface area contributed by atoms with Crippen molar-refractivity contribution in [2.45, 2.75) is 57.9 Å². The van der Waals surface area contributed by atoms with Gasteiger partial charge in [0.2, 0.25) is 11.7 Å². The molecule has 1 saturated carbocycles. The Bertz CT molecular complexity index is 694. The van der Waals surface area contributed by atoms with Gasteiger partial charge in [0, 0.05) is 38.1 Å². The Labute approximate surface area is 167 Å². The fourth-order valence-corrected chi connectivity index (χ4v) is 4.66. The molecule has 1 aromatic rings. The molecule has 3 fully saturated rings. The maximum absolute atomic E-state index is 13.2. The van der Waals surface area contributed by atoms with Crippen LogP contribution in [-0.2, 0) is 4.79 Å². The van der Waals surface area contributed by atoms with Crippen molar-refractivity contribution in [3.8, 4) is 0 Å². The minimum atomic E-state index is -0.102. The van der Waals surface area contributed by atoms with Crippen LogP contribution in [0.3, 0.4) is 0 Å². The first kappa shape index (κ1) is 19.4. The maximum Gasteiger partial charge on any atom is 0.291 e. The van der Waals surface area contributed by atoms with Gasteiger partial charge in [-0.05, 0) is 58.5 Å². The summed E-state index contributed by atoms with van der Waals surface area (Å²) in [6.45, 7) is 7.12. The summed E-state index contributed by atoms with van der Waals surface area (Å²) < 4.78 is 5.31. The predicted molar refractivity (Wildman–Crippen MR) is 105 cm³/mol. The van der Waals surface area contributed by atoms with Crippen molar-refractivity contribution in [1.29, 1.82) is 0 Å². The van der Waals surface area contributed by atoms with E-state index in [4.69, 9.17) is 4.42 Å². The third kappa shape index (κ3) is 4.09. The number of aromatic nitrogens is 1. The third-order valence-electron chi connectivity index (χ3n) is 6.66. The molecule has 2 saturated heterocycles. The molecule has 3 aliphatic rings. The van der Waals surface area contributed by atoms with E-state index in [1.807, 2.05) is 4.90 Å². The monoisotopic (exact) mass is 388 g/mol. The molecule has 28 heavy (non-hydrogen) atoms. The standard InChI is InChI=1S/C21H32N4O3/c1-16-19(28-15-22-16)21(27)24-11-5-8-18(14-24)25(20(26)17-6-4-7-17)13-12-23-9-2-3-10-23/h15,17-18H,2-14H2,1H3. The summed E-state index contributed by atoms with van der Waals surface area (Å²) in [7, 11) is 0. The van der Waals surface area contributed by atoms with Crippen LogP contribution < -0.4 is 0 Å². The first-order chi connectivity index (χ1) is 13.6. The summed E-state index contributed by atoms with van der Waals surface area (Å²) in [5, 5.41) is 0. The van der Waals surface area contributed by atoms with Crippen LogP contribution in [0.15, 0.2) is 10.8 Å². The van der Waals surface area contributed by atoms with E-state index >= 15 is 0 Å². The van der Waals surface area contributed by atoms with Crippen LogP contribution in [0.25, 0.3) is 0 Å². The molecule has 0 N–H and O–H groups in total. The molecule has 0 aromatic carbocycles. The number of hydrogen-bond acceptors (Lipinski definition) is 5. The zero-order valence-electron chi connectivity index (χ0n) is 16.9. The summed E-state index contributed by atoms with van der Waals surface area (Å²) in [5.74, 6) is 0.728. The Hall–Kier alpha value is -1.89. The first-order valence-corrected chi connectivity index (χ1v) is 10.9. The van der Waals surface area contributed by atoms with Crippen molar-refractivity contribution in [3.63, 3.8) is 0 Å². The van der Waals surface area contributed by atoms with Crippen molar-refractivity contribution in [1.82, 2.24) is 19.7 Å². The van der Waals surface area contributed by atoms with Gasteiger partial charge in [-0.25, -0.2) is 4.98 Å². The molecule has 2 amide bonds. The molecular formula is C21H32N4O3. The zero-order chi connectivity index (χ0) is 19.5. The summed E-state index contributed by atoms with van der Waals surface area (Å²) in [4.78, 5) is 36.5. The average Bonchev–Trinajstić information content (AvgIpc) is 3.32. The van der Waals surface area contributed by atoms with E-state index in [-0.39, 0.29) is 17.9 Å². The highest BCUT2D eigenvalue weighted by atomic mass is 16.3. The molecule has 4 rings (SSSR count). The van der Waals surface area contributed by atoms with Gasteiger partial charge >= 0.3 is 0 Å². The summed E-state index contributed by atoms with van der Waals surface area (Å²) in [6.07, 6.45) is 8.94. The number of carbonyl (C=O) groups is 2. The number of hydrogen-bond donors (Lipinski definition) is 0. The molecule has 1 aliphatic carbocycles. The van der Waals surface area contributed by atoms with E-state index in [2.05, 4.69) is 14.8 Å². The van der Waals surface area contributed by atoms with E-state index in [1.54, 1.807) is 6.92 Å². The SMILES string of the molecule is Cc1ncoc1C(=O)N1CCCC(N(CCN2CCCC2)C(=O)C2CCC2)C1. The van der Waals surface area contributed by atoms with Crippen LogP contribution in [0.2, 0.25) is 0 Å². The van der Waals surface area contributed by atoms with Crippen molar-refractivity contribution >= 4 is 11.8 Å². The number of oxazole rings is 1. The quantitative estimate of drug-likeness (QED) is 0.748. The number of rotatable bonds is 6. The zero-order valence-corrected chi connectivity index (χ0v) is 16.9. The number of aryl methyl sites for hydroxylation is 1. The Kier molecular flexibility index (Phi) is 5.99. The van der Waals surface area contributed by atoms with E-state index in [9.17, 15) is 9.59 Å². The number of piperidine rings is 1. The van der Waals surface area contributed by atoms with Crippen molar-refractivity contribution in [2.75, 3.05) is 39.3 Å². The van der Waals surface area contributed by atoms with Gasteiger partial charge in [-0.2, -0.15) is 0 Å². The highest BCUT2D eigenvalue weighted by Gasteiger charge is 2.36. The fourth-order valence-electron chi connectivity index (χ4n) is 4.66. The first-order valence-electron chi connectivity index (χ1n) is 10.9. The van der Waals surface area contributed by atoms with Gasteiger partial charge in [0.25, 0.3) is 5.91 Å². The molecule has 1 unspecified atom stereocenters. The minimum absolute atomic E-state index is 0.102. The lowest BCUT2D eigenvalue weighted by molar-refractivity contribution is -0.141. The van der Waals surface area contributed by atoms with Crippen molar-refractivity contribution in [3.05, 3.63) is 17.8 Å². The van der Waals surface area contributed by atoms with Gasteiger partial charge < -0.3 is 19.1 Å². The topological polar surface area (TPSA) is 69.9 Å². The van der Waals surface area contributed by atoms with Gasteiger partial charge in [0.1, 0.15) is 0 Å². The van der Waals surface area contributed by atoms with Crippen LogP contribution in [0.4, 0.5) is 0 Å². The average molecular weight is 389 g/mol. The Morgan fingerprint density at radius 1 is 1.14 bits per heavy atom. The number of carbonyl (C=O) groups excluding carboxylic acids is 2. The minimum Gasteiger partial charge on any atom is -0.438 e. The van der Waals surface area contributed by atoms with Crippen molar-refractivity contribution < 1.29 is 14.0 Å². The van der Waals surface area contributed by atoms with E-state index < -0.39 is 0 Å². The lowest BCUT2D eigenvalue weighted by atomic mass is 9.83.